The molecule has 0 radical (unpaired) electrons. The highest BCUT2D eigenvalue weighted by Crippen LogP contribution is 2.41. The van der Waals surface area contributed by atoms with Crippen LogP contribution in [0, 0.1) is 5.41 Å². The van der Waals surface area contributed by atoms with Crippen LogP contribution in [0.1, 0.15) is 44.8 Å². The van der Waals surface area contributed by atoms with Gasteiger partial charge in [-0.05, 0) is 25.2 Å². The summed E-state index contributed by atoms with van der Waals surface area (Å²) in [7, 11) is 0. The summed E-state index contributed by atoms with van der Waals surface area (Å²) >= 11 is 0. The second-order valence-electron chi connectivity index (χ2n) is 4.90. The molecule has 1 aliphatic carbocycles. The normalized spacial score (nSPS) is 21.6. The van der Waals surface area contributed by atoms with Crippen molar-refractivity contribution in [3.05, 3.63) is 18.2 Å². The molecule has 1 fully saturated rings. The van der Waals surface area contributed by atoms with E-state index < -0.39 is 0 Å². The molecule has 0 aromatic carbocycles. The van der Waals surface area contributed by atoms with Crippen LogP contribution in [0.4, 0.5) is 0 Å². The molecular formula is C11H19N3. The highest BCUT2D eigenvalue weighted by molar-refractivity contribution is 5.04. The lowest BCUT2D eigenvalue weighted by Gasteiger charge is -2.39. The highest BCUT2D eigenvalue weighted by Gasteiger charge is 2.32. The van der Waals surface area contributed by atoms with Gasteiger partial charge in [0.15, 0.2) is 0 Å². The molecule has 0 aliphatic heterocycles. The van der Waals surface area contributed by atoms with E-state index in [1.54, 1.807) is 0 Å². The fraction of sp³-hybridized carbons (Fsp3) is 0.727. The zero-order chi connectivity index (χ0) is 10.2. The zero-order valence-corrected chi connectivity index (χ0v) is 9.03. The van der Waals surface area contributed by atoms with Crippen LogP contribution in [-0.4, -0.2) is 9.55 Å². The van der Waals surface area contributed by atoms with E-state index in [1.165, 1.54) is 19.3 Å². The number of hydrogen-bond donors (Lipinski definition) is 1. The molecule has 1 heterocycles. The third-order valence-electron chi connectivity index (χ3n) is 3.32. The summed E-state index contributed by atoms with van der Waals surface area (Å²) in [6.07, 6.45) is 7.83. The number of rotatable bonds is 3. The maximum atomic E-state index is 5.88. The number of nitrogens with two attached hydrogens (primary N) is 1. The maximum Gasteiger partial charge on any atom is 0.0948 e. The molecule has 78 valence electrons. The van der Waals surface area contributed by atoms with E-state index in [0.29, 0.717) is 5.41 Å². The molecule has 1 saturated carbocycles. The van der Waals surface area contributed by atoms with Crippen molar-refractivity contribution in [2.45, 2.75) is 45.7 Å². The second-order valence-corrected chi connectivity index (χ2v) is 4.90. The van der Waals surface area contributed by atoms with E-state index in [-0.39, 0.29) is 6.04 Å². The zero-order valence-electron chi connectivity index (χ0n) is 9.03. The van der Waals surface area contributed by atoms with Crippen LogP contribution < -0.4 is 5.73 Å². The van der Waals surface area contributed by atoms with Crippen molar-refractivity contribution in [3.8, 4) is 0 Å². The Kier molecular flexibility index (Phi) is 2.35. The van der Waals surface area contributed by atoms with Gasteiger partial charge in [0.05, 0.1) is 12.0 Å². The quantitative estimate of drug-likeness (QED) is 0.798. The number of hydrogen-bond acceptors (Lipinski definition) is 2. The Morgan fingerprint density at radius 3 is 2.86 bits per heavy atom. The van der Waals surface area contributed by atoms with Gasteiger partial charge in [-0.2, -0.15) is 0 Å². The van der Waals surface area contributed by atoms with Gasteiger partial charge in [0.25, 0.3) is 0 Å². The average Bonchev–Trinajstić information content (AvgIpc) is 2.49. The summed E-state index contributed by atoms with van der Waals surface area (Å²) in [5, 5.41) is 0. The smallest absolute Gasteiger partial charge is 0.0948 e. The Morgan fingerprint density at radius 1 is 1.64 bits per heavy atom. The lowest BCUT2D eigenvalue weighted by molar-refractivity contribution is 0.130. The first-order chi connectivity index (χ1) is 6.61. The number of nitrogens with zero attached hydrogens (tertiary/aromatic N) is 2. The molecule has 1 aromatic heterocycles. The second kappa shape index (κ2) is 3.39. The molecule has 14 heavy (non-hydrogen) atoms. The predicted octanol–water partition coefficient (Wildman–Crippen LogP) is 2.09. The highest BCUT2D eigenvalue weighted by atomic mass is 15.1. The first-order valence-electron chi connectivity index (χ1n) is 5.36. The van der Waals surface area contributed by atoms with Crippen molar-refractivity contribution >= 4 is 0 Å². The van der Waals surface area contributed by atoms with Crippen molar-refractivity contribution in [2.75, 3.05) is 0 Å². The third-order valence-corrected chi connectivity index (χ3v) is 3.32. The van der Waals surface area contributed by atoms with Gasteiger partial charge in [0.2, 0.25) is 0 Å². The van der Waals surface area contributed by atoms with Crippen LogP contribution in [0.3, 0.4) is 0 Å². The van der Waals surface area contributed by atoms with E-state index in [9.17, 15) is 0 Å². The van der Waals surface area contributed by atoms with E-state index >= 15 is 0 Å². The van der Waals surface area contributed by atoms with E-state index in [1.807, 2.05) is 19.4 Å². The summed E-state index contributed by atoms with van der Waals surface area (Å²) < 4.78 is 2.21. The fourth-order valence-electron chi connectivity index (χ4n) is 2.19. The van der Waals surface area contributed by atoms with Gasteiger partial charge in [0.1, 0.15) is 0 Å². The van der Waals surface area contributed by atoms with Crippen molar-refractivity contribution in [3.63, 3.8) is 0 Å². The minimum absolute atomic E-state index is 0.0844. The lowest BCUT2D eigenvalue weighted by atomic mass is 9.70. The van der Waals surface area contributed by atoms with Crippen molar-refractivity contribution in [2.24, 2.45) is 11.1 Å². The molecule has 0 saturated heterocycles. The lowest BCUT2D eigenvalue weighted by Crippen LogP contribution is -2.31. The molecule has 3 heteroatoms. The Labute approximate surface area is 85.3 Å². The van der Waals surface area contributed by atoms with Crippen molar-refractivity contribution < 1.29 is 0 Å². The monoisotopic (exact) mass is 193 g/mol. The molecule has 1 unspecified atom stereocenters. The van der Waals surface area contributed by atoms with Gasteiger partial charge in [-0.25, -0.2) is 4.98 Å². The first kappa shape index (κ1) is 9.71. The van der Waals surface area contributed by atoms with Gasteiger partial charge < -0.3 is 10.3 Å². The number of aromatic nitrogens is 2. The molecule has 3 nitrogen and oxygen atoms in total. The largest absolute Gasteiger partial charge is 0.333 e. The van der Waals surface area contributed by atoms with Gasteiger partial charge in [-0.15, -0.1) is 0 Å². The van der Waals surface area contributed by atoms with Gasteiger partial charge in [0, 0.05) is 18.8 Å². The topological polar surface area (TPSA) is 43.8 Å². The van der Waals surface area contributed by atoms with Gasteiger partial charge in [-0.1, -0.05) is 13.3 Å². The minimum atomic E-state index is 0.0844. The first-order valence-corrected chi connectivity index (χ1v) is 5.36. The molecule has 1 aliphatic rings. The van der Waals surface area contributed by atoms with Crippen molar-refractivity contribution in [1.29, 1.82) is 0 Å². The fourth-order valence-corrected chi connectivity index (χ4v) is 2.19. The summed E-state index contributed by atoms with van der Waals surface area (Å²) in [6.45, 7) is 5.43. The molecule has 0 amide bonds. The van der Waals surface area contributed by atoms with E-state index in [2.05, 4.69) is 16.5 Å². The third kappa shape index (κ3) is 1.69. The molecule has 2 N–H and O–H groups in total. The van der Waals surface area contributed by atoms with E-state index in [4.69, 9.17) is 5.73 Å². The van der Waals surface area contributed by atoms with Crippen LogP contribution in [-0.2, 0) is 6.54 Å². The SMILES string of the molecule is CC(N)c1cncn1CC1(C)CCC1. The van der Waals surface area contributed by atoms with Crippen LogP contribution in [0.25, 0.3) is 0 Å². The molecule has 1 atom stereocenters. The van der Waals surface area contributed by atoms with Gasteiger partial charge >= 0.3 is 0 Å². The minimum Gasteiger partial charge on any atom is -0.333 e. The predicted molar refractivity (Wildman–Crippen MR) is 56.8 cm³/mol. The summed E-state index contributed by atoms with van der Waals surface area (Å²) in [5.41, 5.74) is 7.52. The van der Waals surface area contributed by atoms with E-state index in [0.717, 1.165) is 12.2 Å². The molecular weight excluding hydrogens is 174 g/mol. The summed E-state index contributed by atoms with van der Waals surface area (Å²) in [4.78, 5) is 4.17. The summed E-state index contributed by atoms with van der Waals surface area (Å²) in [6, 6.07) is 0.0844. The molecule has 1 aromatic rings. The Morgan fingerprint density at radius 2 is 2.36 bits per heavy atom. The molecule has 0 bridgehead atoms. The van der Waals surface area contributed by atoms with Crippen LogP contribution >= 0.6 is 0 Å². The van der Waals surface area contributed by atoms with Crippen molar-refractivity contribution in [1.82, 2.24) is 9.55 Å². The standard InChI is InChI=1S/C11H19N3/c1-9(12)10-6-13-8-14(10)7-11(2)4-3-5-11/h6,8-9H,3-5,7,12H2,1-2H3. The number of imidazole rings is 1. The van der Waals surface area contributed by atoms with Gasteiger partial charge in [-0.3, -0.25) is 0 Å². The van der Waals surface area contributed by atoms with Crippen LogP contribution in [0.15, 0.2) is 12.5 Å². The van der Waals surface area contributed by atoms with Crippen LogP contribution in [0.5, 0.6) is 0 Å². The Hall–Kier alpha value is -0.830. The Bertz CT molecular complexity index is 310. The average molecular weight is 193 g/mol. The summed E-state index contributed by atoms with van der Waals surface area (Å²) in [5.74, 6) is 0. The maximum absolute atomic E-state index is 5.88. The van der Waals surface area contributed by atoms with Crippen LogP contribution in [0.2, 0.25) is 0 Å². The molecule has 0 spiro atoms. The Balaban J connectivity index is 2.12. The molecule has 2 rings (SSSR count).